The second kappa shape index (κ2) is 12.1. The number of hydrogen-bond acceptors (Lipinski definition) is 5. The molecule has 1 amide bonds. The van der Waals surface area contributed by atoms with Gasteiger partial charge < -0.3 is 19.5 Å². The second-order valence-corrected chi connectivity index (χ2v) is 5.42. The third kappa shape index (κ3) is 8.91. The molecule has 6 nitrogen and oxygen atoms in total. The van der Waals surface area contributed by atoms with Crippen molar-refractivity contribution >= 4 is 12.1 Å². The van der Waals surface area contributed by atoms with Crippen LogP contribution in [0.5, 0.6) is 0 Å². The Labute approximate surface area is 149 Å². The van der Waals surface area contributed by atoms with Crippen molar-refractivity contribution in [1.82, 2.24) is 5.32 Å². The molecule has 0 aliphatic rings. The molecule has 1 aromatic rings. The highest BCUT2D eigenvalue weighted by Crippen LogP contribution is 2.04. The van der Waals surface area contributed by atoms with Gasteiger partial charge in [0.1, 0.15) is 6.61 Å². The Kier molecular flexibility index (Phi) is 10.0. The molecule has 1 rings (SSSR count). The number of alkyl carbamates (subject to hydrolysis) is 1. The average molecular weight is 349 g/mol. The summed E-state index contributed by atoms with van der Waals surface area (Å²) < 4.78 is 15.8. The first-order chi connectivity index (χ1) is 12.1. The smallest absolute Gasteiger partial charge is 0.407 e. The molecule has 0 saturated carbocycles. The summed E-state index contributed by atoms with van der Waals surface area (Å²) in [5.74, 6) is -0.390. The van der Waals surface area contributed by atoms with Gasteiger partial charge in [0, 0.05) is 12.2 Å². The first kappa shape index (κ1) is 20.7. The lowest BCUT2D eigenvalue weighted by molar-refractivity contribution is -0.138. The minimum atomic E-state index is -0.531. The van der Waals surface area contributed by atoms with Crippen molar-refractivity contribution in [2.75, 3.05) is 19.8 Å². The van der Waals surface area contributed by atoms with Crippen molar-refractivity contribution in [2.45, 2.75) is 39.9 Å². The van der Waals surface area contributed by atoms with Crippen LogP contribution in [-0.4, -0.2) is 37.9 Å². The molecule has 0 aromatic heterocycles. The van der Waals surface area contributed by atoms with Crippen LogP contribution in [0, 0.1) is 0 Å². The van der Waals surface area contributed by atoms with Crippen LogP contribution in [0.1, 0.15) is 32.8 Å². The summed E-state index contributed by atoms with van der Waals surface area (Å²) in [6.07, 6.45) is 1.54. The average Bonchev–Trinajstić information content (AvgIpc) is 2.63. The Morgan fingerprint density at radius 1 is 1.16 bits per heavy atom. The predicted molar refractivity (Wildman–Crippen MR) is 95.1 cm³/mol. The standard InChI is InChI=1S/C19H27NO5/c1-4-11-24-17(12-15(3)18(21)23-5-2)13-20-19(22)25-14-16-9-7-6-8-10-16/h6-10,12,17H,4-5,11,13-14H2,1-3H3,(H,20,22)/t17-/m1/s1. The van der Waals surface area contributed by atoms with Crippen LogP contribution >= 0.6 is 0 Å². The molecule has 0 saturated heterocycles. The van der Waals surface area contributed by atoms with Gasteiger partial charge in [-0.15, -0.1) is 0 Å². The van der Waals surface area contributed by atoms with E-state index in [-0.39, 0.29) is 19.1 Å². The predicted octanol–water partition coefficient (Wildman–Crippen LogP) is 3.22. The molecule has 0 unspecified atom stereocenters. The highest BCUT2D eigenvalue weighted by atomic mass is 16.5. The number of rotatable bonds is 10. The lowest BCUT2D eigenvalue weighted by Crippen LogP contribution is -2.33. The number of nitrogens with one attached hydrogen (secondary N) is 1. The monoisotopic (exact) mass is 349 g/mol. The number of carbonyl (C=O) groups is 2. The Morgan fingerprint density at radius 3 is 2.52 bits per heavy atom. The third-order valence-corrected chi connectivity index (χ3v) is 3.23. The third-order valence-electron chi connectivity index (χ3n) is 3.23. The Hall–Kier alpha value is -2.34. The summed E-state index contributed by atoms with van der Waals surface area (Å²) in [4.78, 5) is 23.5. The van der Waals surface area contributed by atoms with Gasteiger partial charge in [0.25, 0.3) is 0 Å². The van der Waals surface area contributed by atoms with Gasteiger partial charge in [-0.2, -0.15) is 0 Å². The molecule has 138 valence electrons. The fourth-order valence-electron chi connectivity index (χ4n) is 1.99. The Balaban J connectivity index is 2.49. The summed E-state index contributed by atoms with van der Waals surface area (Å²) in [6.45, 7) is 6.65. The fraction of sp³-hybridized carbons (Fsp3) is 0.474. The number of benzene rings is 1. The van der Waals surface area contributed by atoms with Crippen molar-refractivity contribution in [2.24, 2.45) is 0 Å². The maximum atomic E-state index is 11.8. The molecule has 25 heavy (non-hydrogen) atoms. The van der Waals surface area contributed by atoms with Crippen LogP contribution in [0.25, 0.3) is 0 Å². The van der Waals surface area contributed by atoms with E-state index in [0.717, 1.165) is 12.0 Å². The van der Waals surface area contributed by atoms with E-state index >= 15 is 0 Å². The minimum absolute atomic E-state index is 0.199. The van der Waals surface area contributed by atoms with Gasteiger partial charge >= 0.3 is 12.1 Å². The van der Waals surface area contributed by atoms with Gasteiger partial charge in [0.2, 0.25) is 0 Å². The normalized spacial score (nSPS) is 12.4. The molecular formula is C19H27NO5. The van der Waals surface area contributed by atoms with E-state index in [9.17, 15) is 9.59 Å². The van der Waals surface area contributed by atoms with Crippen molar-refractivity contribution in [3.05, 3.63) is 47.5 Å². The SMILES string of the molecule is CCCO[C@H](C=C(C)C(=O)OCC)CNC(=O)OCc1ccccc1. The molecule has 0 radical (unpaired) electrons. The molecule has 1 N–H and O–H groups in total. The van der Waals surface area contributed by atoms with Crippen molar-refractivity contribution in [3.8, 4) is 0 Å². The van der Waals surface area contributed by atoms with Crippen molar-refractivity contribution in [1.29, 1.82) is 0 Å². The lowest BCUT2D eigenvalue weighted by atomic mass is 10.2. The summed E-state index contributed by atoms with van der Waals surface area (Å²) in [7, 11) is 0. The van der Waals surface area contributed by atoms with E-state index in [4.69, 9.17) is 14.2 Å². The largest absolute Gasteiger partial charge is 0.463 e. The molecule has 1 aromatic carbocycles. The highest BCUT2D eigenvalue weighted by Gasteiger charge is 2.13. The topological polar surface area (TPSA) is 73.9 Å². The van der Waals surface area contributed by atoms with Gasteiger partial charge in [-0.1, -0.05) is 37.3 Å². The second-order valence-electron chi connectivity index (χ2n) is 5.42. The number of esters is 1. The summed E-state index contributed by atoms with van der Waals surface area (Å²) in [6, 6.07) is 9.43. The van der Waals surface area contributed by atoms with E-state index in [1.807, 2.05) is 37.3 Å². The molecule has 1 atom stereocenters. The van der Waals surface area contributed by atoms with Crippen LogP contribution in [0.2, 0.25) is 0 Å². The van der Waals surface area contributed by atoms with E-state index in [0.29, 0.717) is 18.8 Å². The first-order valence-electron chi connectivity index (χ1n) is 8.48. The van der Waals surface area contributed by atoms with Gasteiger partial charge in [-0.05, 0) is 31.9 Å². The maximum Gasteiger partial charge on any atom is 0.407 e. The minimum Gasteiger partial charge on any atom is -0.463 e. The summed E-state index contributed by atoms with van der Waals surface area (Å²) in [5.41, 5.74) is 1.36. The molecule has 0 aliphatic carbocycles. The van der Waals surface area contributed by atoms with E-state index in [1.54, 1.807) is 19.9 Å². The molecule has 0 bridgehead atoms. The number of carbonyl (C=O) groups excluding carboxylic acids is 2. The summed E-state index contributed by atoms with van der Waals surface area (Å²) >= 11 is 0. The Morgan fingerprint density at radius 2 is 1.88 bits per heavy atom. The summed E-state index contributed by atoms with van der Waals surface area (Å²) in [5, 5.41) is 2.66. The molecule has 0 fully saturated rings. The molecule has 0 spiro atoms. The quantitative estimate of drug-likeness (QED) is 0.519. The molecule has 6 heteroatoms. The molecular weight excluding hydrogens is 322 g/mol. The van der Waals surface area contributed by atoms with Gasteiger partial charge in [-0.3, -0.25) is 0 Å². The van der Waals surface area contributed by atoms with Crippen LogP contribution < -0.4 is 5.32 Å². The Bertz CT molecular complexity index is 556. The highest BCUT2D eigenvalue weighted by molar-refractivity contribution is 5.87. The zero-order valence-corrected chi connectivity index (χ0v) is 15.1. The molecule has 0 heterocycles. The van der Waals surface area contributed by atoms with Crippen LogP contribution in [0.3, 0.4) is 0 Å². The zero-order chi connectivity index (χ0) is 18.5. The number of amides is 1. The molecule has 0 aliphatic heterocycles. The first-order valence-corrected chi connectivity index (χ1v) is 8.48. The van der Waals surface area contributed by atoms with Crippen molar-refractivity contribution < 1.29 is 23.8 Å². The number of ether oxygens (including phenoxy) is 3. The van der Waals surface area contributed by atoms with Crippen LogP contribution in [-0.2, 0) is 25.6 Å². The number of hydrogen-bond donors (Lipinski definition) is 1. The lowest BCUT2D eigenvalue weighted by Gasteiger charge is -2.16. The zero-order valence-electron chi connectivity index (χ0n) is 15.1. The van der Waals surface area contributed by atoms with Gasteiger partial charge in [-0.25, -0.2) is 9.59 Å². The van der Waals surface area contributed by atoms with Gasteiger partial charge in [0.05, 0.1) is 19.3 Å². The van der Waals surface area contributed by atoms with E-state index < -0.39 is 12.2 Å². The van der Waals surface area contributed by atoms with Crippen LogP contribution in [0.4, 0.5) is 4.79 Å². The maximum absolute atomic E-state index is 11.8. The fourth-order valence-corrected chi connectivity index (χ4v) is 1.99. The van der Waals surface area contributed by atoms with Crippen LogP contribution in [0.15, 0.2) is 42.0 Å². The van der Waals surface area contributed by atoms with E-state index in [2.05, 4.69) is 5.32 Å². The van der Waals surface area contributed by atoms with Crippen molar-refractivity contribution in [3.63, 3.8) is 0 Å². The van der Waals surface area contributed by atoms with E-state index in [1.165, 1.54) is 0 Å². The van der Waals surface area contributed by atoms with Gasteiger partial charge in [0.15, 0.2) is 0 Å².